The molecule has 1 amide bonds. The minimum Gasteiger partial charge on any atom is -0.393 e. The Bertz CT molecular complexity index is 1130. The zero-order valence-corrected chi connectivity index (χ0v) is 19.7. The fraction of sp³-hybridized carbons (Fsp3) is 0.400. The molecule has 0 aliphatic heterocycles. The highest BCUT2D eigenvalue weighted by Gasteiger charge is 2.22. The van der Waals surface area contributed by atoms with Crippen LogP contribution in [0.1, 0.15) is 55.8 Å². The van der Waals surface area contributed by atoms with Crippen molar-refractivity contribution in [3.63, 3.8) is 0 Å². The number of nitrogens with zero attached hydrogens (tertiary/aromatic N) is 4. The van der Waals surface area contributed by atoms with Crippen molar-refractivity contribution in [2.75, 3.05) is 22.5 Å². The van der Waals surface area contributed by atoms with Crippen molar-refractivity contribution < 1.29 is 14.3 Å². The van der Waals surface area contributed by atoms with E-state index in [1.165, 1.54) is 30.6 Å². The number of aliphatic hydroxyl groups is 1. The topological polar surface area (TPSA) is 125 Å². The summed E-state index contributed by atoms with van der Waals surface area (Å²) in [6.07, 6.45) is 8.06. The predicted molar refractivity (Wildman–Crippen MR) is 133 cm³/mol. The van der Waals surface area contributed by atoms with Crippen molar-refractivity contribution in [2.45, 2.75) is 57.6 Å². The van der Waals surface area contributed by atoms with E-state index in [2.05, 4.69) is 37.8 Å². The number of carbonyl (C=O) groups excluding carboxylic acids is 1. The predicted octanol–water partition coefficient (Wildman–Crippen LogP) is 4.25. The van der Waals surface area contributed by atoms with Gasteiger partial charge in [0.2, 0.25) is 5.95 Å². The molecule has 1 fully saturated rings. The molecule has 0 atom stereocenters. The monoisotopic (exact) mass is 479 g/mol. The summed E-state index contributed by atoms with van der Waals surface area (Å²) >= 11 is 0. The lowest BCUT2D eigenvalue weighted by atomic mass is 9.93. The van der Waals surface area contributed by atoms with E-state index in [-0.39, 0.29) is 12.1 Å². The number of hydrogen-bond acceptors (Lipinski definition) is 8. The third kappa shape index (κ3) is 6.69. The number of hydrogen-bond donors (Lipinski definition) is 4. The quantitative estimate of drug-likeness (QED) is 0.336. The average Bonchev–Trinajstić information content (AvgIpc) is 2.86. The van der Waals surface area contributed by atoms with E-state index >= 15 is 0 Å². The Morgan fingerprint density at radius 1 is 1.11 bits per heavy atom. The Labute approximate surface area is 203 Å². The van der Waals surface area contributed by atoms with Crippen LogP contribution in [0.25, 0.3) is 11.3 Å². The van der Waals surface area contributed by atoms with Crippen LogP contribution in [0.4, 0.5) is 22.0 Å². The minimum absolute atomic E-state index is 0.176. The molecule has 0 saturated heterocycles. The molecule has 184 valence electrons. The van der Waals surface area contributed by atoms with Gasteiger partial charge in [-0.25, -0.2) is 19.3 Å². The van der Waals surface area contributed by atoms with Crippen molar-refractivity contribution >= 4 is 23.5 Å². The van der Waals surface area contributed by atoms with Gasteiger partial charge in [-0.1, -0.05) is 13.3 Å². The van der Waals surface area contributed by atoms with Crippen molar-refractivity contribution in [2.24, 2.45) is 0 Å². The summed E-state index contributed by atoms with van der Waals surface area (Å²) in [6.45, 7) is 2.90. The molecule has 9 nitrogen and oxygen atoms in total. The highest BCUT2D eigenvalue weighted by atomic mass is 19.1. The van der Waals surface area contributed by atoms with Crippen LogP contribution in [0.3, 0.4) is 0 Å². The maximum atomic E-state index is 13.2. The van der Waals surface area contributed by atoms with Gasteiger partial charge in [-0.2, -0.15) is 4.98 Å². The first-order valence-corrected chi connectivity index (χ1v) is 12.0. The number of benzene rings is 1. The third-order valence-electron chi connectivity index (χ3n) is 5.93. The van der Waals surface area contributed by atoms with E-state index in [1.807, 2.05) is 0 Å². The van der Waals surface area contributed by atoms with Crippen LogP contribution >= 0.6 is 0 Å². The van der Waals surface area contributed by atoms with Crippen LogP contribution in [-0.2, 0) is 0 Å². The molecule has 0 bridgehead atoms. The summed E-state index contributed by atoms with van der Waals surface area (Å²) in [6, 6.07) is 7.11. The zero-order chi connectivity index (χ0) is 24.6. The van der Waals surface area contributed by atoms with Gasteiger partial charge < -0.3 is 21.1 Å². The normalized spacial score (nSPS) is 17.6. The first-order valence-electron chi connectivity index (χ1n) is 12.0. The molecule has 1 saturated carbocycles. The van der Waals surface area contributed by atoms with E-state index in [0.29, 0.717) is 34.4 Å². The van der Waals surface area contributed by atoms with Gasteiger partial charge in [0.25, 0.3) is 5.91 Å². The van der Waals surface area contributed by atoms with Gasteiger partial charge in [0.1, 0.15) is 23.8 Å². The Morgan fingerprint density at radius 3 is 2.63 bits per heavy atom. The number of carbonyl (C=O) groups is 1. The van der Waals surface area contributed by atoms with Crippen LogP contribution in [0.15, 0.2) is 42.9 Å². The fourth-order valence-corrected chi connectivity index (χ4v) is 3.92. The SMILES string of the molecule is CCCCNc1ncc(-c2cc(NC(=O)c3ccc(F)cc3)ncn2)c(NC2CCC(O)CC2)n1. The van der Waals surface area contributed by atoms with Gasteiger partial charge in [-0.05, 0) is 56.4 Å². The minimum atomic E-state index is -0.411. The summed E-state index contributed by atoms with van der Waals surface area (Å²) in [5, 5.41) is 19.3. The molecule has 1 aliphatic carbocycles. The Kier molecular flexibility index (Phi) is 8.15. The maximum Gasteiger partial charge on any atom is 0.256 e. The van der Waals surface area contributed by atoms with Crippen molar-refractivity contribution in [3.05, 3.63) is 54.2 Å². The molecule has 0 spiro atoms. The lowest BCUT2D eigenvalue weighted by Crippen LogP contribution is -2.29. The molecule has 3 aromatic rings. The van der Waals surface area contributed by atoms with Gasteiger partial charge >= 0.3 is 0 Å². The molecular weight excluding hydrogens is 449 g/mol. The van der Waals surface area contributed by atoms with Gasteiger partial charge in [-0.3, -0.25) is 4.79 Å². The molecule has 2 heterocycles. The van der Waals surface area contributed by atoms with Crippen LogP contribution in [-0.4, -0.2) is 49.6 Å². The van der Waals surface area contributed by atoms with E-state index in [1.54, 1.807) is 12.3 Å². The second-order valence-corrected chi connectivity index (χ2v) is 8.64. The van der Waals surface area contributed by atoms with Crippen molar-refractivity contribution in [3.8, 4) is 11.3 Å². The maximum absolute atomic E-state index is 13.2. The molecule has 4 rings (SSSR count). The van der Waals surface area contributed by atoms with Crippen LogP contribution in [0.5, 0.6) is 0 Å². The molecule has 4 N–H and O–H groups in total. The zero-order valence-electron chi connectivity index (χ0n) is 19.7. The van der Waals surface area contributed by atoms with Crippen LogP contribution in [0.2, 0.25) is 0 Å². The molecule has 0 radical (unpaired) electrons. The van der Waals surface area contributed by atoms with E-state index in [0.717, 1.165) is 45.1 Å². The molecule has 1 aliphatic rings. The lowest BCUT2D eigenvalue weighted by molar-refractivity contribution is 0.102. The molecule has 1 aromatic carbocycles. The number of aromatic nitrogens is 4. The Hall–Kier alpha value is -3.66. The highest BCUT2D eigenvalue weighted by Crippen LogP contribution is 2.29. The lowest BCUT2D eigenvalue weighted by Gasteiger charge is -2.27. The summed E-state index contributed by atoms with van der Waals surface area (Å²) in [4.78, 5) is 30.2. The second kappa shape index (κ2) is 11.7. The molecule has 35 heavy (non-hydrogen) atoms. The smallest absolute Gasteiger partial charge is 0.256 e. The largest absolute Gasteiger partial charge is 0.393 e. The highest BCUT2D eigenvalue weighted by molar-refractivity contribution is 6.03. The molecule has 2 aromatic heterocycles. The van der Waals surface area contributed by atoms with Gasteiger partial charge in [0.05, 0.1) is 17.4 Å². The number of amides is 1. The molecule has 0 unspecified atom stereocenters. The molecule has 10 heteroatoms. The number of unbranched alkanes of at least 4 members (excludes halogenated alkanes) is 1. The average molecular weight is 480 g/mol. The van der Waals surface area contributed by atoms with Crippen LogP contribution < -0.4 is 16.0 Å². The standard InChI is InChI=1S/C25H30FN7O2/c1-2-3-12-27-25-28-14-20(23(33-25)31-18-8-10-19(34)11-9-18)21-13-22(30-15-29-21)32-24(35)16-4-6-17(26)7-5-16/h4-7,13-15,18-19,34H,2-3,8-12H2,1H3,(H2,27,28,31,33)(H,29,30,32,35). The van der Waals surface area contributed by atoms with Crippen LogP contribution in [0, 0.1) is 5.82 Å². The number of nitrogens with one attached hydrogen (secondary N) is 3. The Balaban J connectivity index is 1.57. The number of anilines is 3. The first-order chi connectivity index (χ1) is 17.0. The summed E-state index contributed by atoms with van der Waals surface area (Å²) in [7, 11) is 0. The number of aliphatic hydroxyl groups excluding tert-OH is 1. The van der Waals surface area contributed by atoms with E-state index in [9.17, 15) is 14.3 Å². The number of halogens is 1. The first kappa shape index (κ1) is 24.5. The van der Waals surface area contributed by atoms with E-state index in [4.69, 9.17) is 4.98 Å². The number of rotatable bonds is 9. The van der Waals surface area contributed by atoms with Gasteiger partial charge in [0, 0.05) is 30.4 Å². The van der Waals surface area contributed by atoms with Gasteiger partial charge in [0.15, 0.2) is 0 Å². The fourth-order valence-electron chi connectivity index (χ4n) is 3.92. The molecular formula is C25H30FN7O2. The summed E-state index contributed by atoms with van der Waals surface area (Å²) in [5.74, 6) is 0.655. The van der Waals surface area contributed by atoms with E-state index < -0.39 is 11.7 Å². The summed E-state index contributed by atoms with van der Waals surface area (Å²) in [5.41, 5.74) is 1.55. The third-order valence-corrected chi connectivity index (χ3v) is 5.93. The van der Waals surface area contributed by atoms with Crippen molar-refractivity contribution in [1.29, 1.82) is 0 Å². The Morgan fingerprint density at radius 2 is 1.89 bits per heavy atom. The second-order valence-electron chi connectivity index (χ2n) is 8.64. The summed E-state index contributed by atoms with van der Waals surface area (Å²) < 4.78 is 13.2. The van der Waals surface area contributed by atoms with Gasteiger partial charge in [-0.15, -0.1) is 0 Å². The van der Waals surface area contributed by atoms with Crippen molar-refractivity contribution in [1.82, 2.24) is 19.9 Å².